The van der Waals surface area contributed by atoms with Crippen molar-refractivity contribution >= 4 is 47.0 Å². The fourth-order valence-corrected chi connectivity index (χ4v) is 3.47. The SMILES string of the molecule is CCN(CC)c1ccc(C=NNC(=O)Cn2nnnc2N)c(OCc2ccc(Cl)cc2Cl)c1. The van der Waals surface area contributed by atoms with Gasteiger partial charge in [-0.15, -0.1) is 0 Å². The Morgan fingerprint density at radius 2 is 2.03 bits per heavy atom. The number of nitrogen functional groups attached to an aromatic ring is 1. The van der Waals surface area contributed by atoms with Crippen LogP contribution in [0.4, 0.5) is 11.6 Å². The average Bonchev–Trinajstić information content (AvgIpc) is 3.19. The Morgan fingerprint density at radius 3 is 2.70 bits per heavy atom. The van der Waals surface area contributed by atoms with E-state index in [9.17, 15) is 4.79 Å². The van der Waals surface area contributed by atoms with E-state index in [0.717, 1.165) is 29.0 Å². The molecule has 0 bridgehead atoms. The zero-order chi connectivity index (χ0) is 23.8. The molecule has 1 heterocycles. The molecule has 0 fully saturated rings. The molecule has 0 radical (unpaired) electrons. The molecule has 3 N–H and O–H groups in total. The van der Waals surface area contributed by atoms with E-state index in [1.807, 2.05) is 24.3 Å². The molecule has 10 nitrogen and oxygen atoms in total. The quantitative estimate of drug-likeness (QED) is 0.330. The first-order chi connectivity index (χ1) is 15.9. The van der Waals surface area contributed by atoms with Crippen LogP contribution in [0.3, 0.4) is 0 Å². The Labute approximate surface area is 201 Å². The van der Waals surface area contributed by atoms with Crippen molar-refractivity contribution in [2.75, 3.05) is 23.7 Å². The maximum atomic E-state index is 12.1. The number of ether oxygens (including phenoxy) is 1. The lowest BCUT2D eigenvalue weighted by Gasteiger charge is -2.22. The molecule has 2 aromatic carbocycles. The number of nitrogens with one attached hydrogen (secondary N) is 1. The van der Waals surface area contributed by atoms with Gasteiger partial charge in [-0.25, -0.2) is 10.1 Å². The number of amides is 1. The van der Waals surface area contributed by atoms with Gasteiger partial charge < -0.3 is 15.4 Å². The molecule has 3 aromatic rings. The van der Waals surface area contributed by atoms with Crippen molar-refractivity contribution in [1.29, 1.82) is 0 Å². The monoisotopic (exact) mass is 490 g/mol. The van der Waals surface area contributed by atoms with Crippen molar-refractivity contribution in [2.45, 2.75) is 27.0 Å². The van der Waals surface area contributed by atoms with Gasteiger partial charge in [0.1, 0.15) is 18.9 Å². The number of hydrogen-bond acceptors (Lipinski definition) is 8. The van der Waals surface area contributed by atoms with E-state index in [-0.39, 0.29) is 19.1 Å². The second-order valence-electron chi connectivity index (χ2n) is 6.91. The fourth-order valence-electron chi connectivity index (χ4n) is 3.00. The Balaban J connectivity index is 1.76. The highest BCUT2D eigenvalue weighted by Gasteiger charge is 2.11. The smallest absolute Gasteiger partial charge is 0.261 e. The minimum atomic E-state index is -0.430. The van der Waals surface area contributed by atoms with Gasteiger partial charge in [-0.3, -0.25) is 4.79 Å². The summed E-state index contributed by atoms with van der Waals surface area (Å²) in [6.45, 7) is 5.95. The zero-order valence-corrected chi connectivity index (χ0v) is 19.7. The minimum Gasteiger partial charge on any atom is -0.488 e. The van der Waals surface area contributed by atoms with Gasteiger partial charge >= 0.3 is 0 Å². The second kappa shape index (κ2) is 11.5. The molecule has 0 atom stereocenters. The van der Waals surface area contributed by atoms with Crippen molar-refractivity contribution in [3.05, 3.63) is 57.6 Å². The van der Waals surface area contributed by atoms with Crippen LogP contribution in [-0.2, 0) is 17.9 Å². The van der Waals surface area contributed by atoms with E-state index in [1.54, 1.807) is 12.1 Å². The summed E-state index contributed by atoms with van der Waals surface area (Å²) in [7, 11) is 0. The molecule has 12 heteroatoms. The van der Waals surface area contributed by atoms with E-state index >= 15 is 0 Å². The van der Waals surface area contributed by atoms with Crippen molar-refractivity contribution in [3.63, 3.8) is 0 Å². The number of tetrazole rings is 1. The molecule has 33 heavy (non-hydrogen) atoms. The number of benzene rings is 2. The highest BCUT2D eigenvalue weighted by molar-refractivity contribution is 6.35. The van der Waals surface area contributed by atoms with Crippen LogP contribution in [0.1, 0.15) is 25.0 Å². The molecule has 1 amide bonds. The molecule has 0 saturated carbocycles. The first kappa shape index (κ1) is 24.3. The summed E-state index contributed by atoms with van der Waals surface area (Å²) in [4.78, 5) is 14.3. The summed E-state index contributed by atoms with van der Waals surface area (Å²) in [5.41, 5.74) is 10.5. The predicted molar refractivity (Wildman–Crippen MR) is 129 cm³/mol. The highest BCUT2D eigenvalue weighted by Crippen LogP contribution is 2.27. The maximum Gasteiger partial charge on any atom is 0.261 e. The van der Waals surface area contributed by atoms with E-state index in [0.29, 0.717) is 21.4 Å². The summed E-state index contributed by atoms with van der Waals surface area (Å²) >= 11 is 12.3. The van der Waals surface area contributed by atoms with E-state index < -0.39 is 5.91 Å². The van der Waals surface area contributed by atoms with Gasteiger partial charge in [-0.05, 0) is 48.5 Å². The van der Waals surface area contributed by atoms with Crippen LogP contribution in [0.15, 0.2) is 41.5 Å². The number of hydrogen-bond donors (Lipinski definition) is 2. The van der Waals surface area contributed by atoms with E-state index in [2.05, 4.69) is 44.8 Å². The zero-order valence-electron chi connectivity index (χ0n) is 18.2. The third-order valence-electron chi connectivity index (χ3n) is 4.77. The Bertz CT molecular complexity index is 1130. The Kier molecular flexibility index (Phi) is 8.45. The van der Waals surface area contributed by atoms with E-state index in [4.69, 9.17) is 33.7 Å². The number of aromatic nitrogens is 4. The van der Waals surface area contributed by atoms with Crippen molar-refractivity contribution in [2.24, 2.45) is 5.10 Å². The number of carbonyl (C=O) groups excluding carboxylic acids is 1. The number of carbonyl (C=O) groups is 1. The van der Waals surface area contributed by atoms with Gasteiger partial charge in [0, 0.05) is 46.0 Å². The third-order valence-corrected chi connectivity index (χ3v) is 5.36. The summed E-state index contributed by atoms with van der Waals surface area (Å²) in [5.74, 6) is 0.200. The average molecular weight is 491 g/mol. The maximum absolute atomic E-state index is 12.1. The van der Waals surface area contributed by atoms with Crippen LogP contribution < -0.4 is 20.8 Å². The van der Waals surface area contributed by atoms with Crippen LogP contribution in [0.2, 0.25) is 10.0 Å². The molecule has 0 unspecified atom stereocenters. The fraction of sp³-hybridized carbons (Fsp3) is 0.286. The van der Waals surface area contributed by atoms with Crippen molar-refractivity contribution in [3.8, 4) is 5.75 Å². The number of hydrazone groups is 1. The summed E-state index contributed by atoms with van der Waals surface area (Å²) in [6, 6.07) is 11.0. The number of nitrogens with zero attached hydrogens (tertiary/aromatic N) is 6. The minimum absolute atomic E-state index is 0.0395. The van der Waals surface area contributed by atoms with Crippen LogP contribution in [0, 0.1) is 0 Å². The largest absolute Gasteiger partial charge is 0.488 e. The van der Waals surface area contributed by atoms with Gasteiger partial charge in [-0.2, -0.15) is 5.10 Å². The molecule has 1 aromatic heterocycles. The third kappa shape index (κ3) is 6.56. The lowest BCUT2D eigenvalue weighted by atomic mass is 10.1. The molecule has 0 aliphatic rings. The first-order valence-corrected chi connectivity index (χ1v) is 11.0. The summed E-state index contributed by atoms with van der Waals surface area (Å²) < 4.78 is 7.24. The molecule has 3 rings (SSSR count). The number of anilines is 2. The molecule has 174 valence electrons. The summed E-state index contributed by atoms with van der Waals surface area (Å²) in [6.07, 6.45) is 1.51. The topological polar surface area (TPSA) is 124 Å². The Hall–Kier alpha value is -3.37. The molecule has 0 aliphatic heterocycles. The van der Waals surface area contributed by atoms with Crippen LogP contribution >= 0.6 is 23.2 Å². The van der Waals surface area contributed by atoms with Gasteiger partial charge in [0.2, 0.25) is 5.95 Å². The predicted octanol–water partition coefficient (Wildman–Crippen LogP) is 3.14. The molecular formula is C21H24Cl2N8O2. The van der Waals surface area contributed by atoms with Gasteiger partial charge in [-0.1, -0.05) is 34.4 Å². The lowest BCUT2D eigenvalue weighted by molar-refractivity contribution is -0.121. The summed E-state index contributed by atoms with van der Waals surface area (Å²) in [5, 5.41) is 15.6. The van der Waals surface area contributed by atoms with Crippen molar-refractivity contribution in [1.82, 2.24) is 25.6 Å². The number of halogens is 2. The van der Waals surface area contributed by atoms with Crippen LogP contribution in [-0.4, -0.2) is 45.4 Å². The van der Waals surface area contributed by atoms with E-state index in [1.165, 1.54) is 6.21 Å². The lowest BCUT2D eigenvalue weighted by Crippen LogP contribution is -2.24. The van der Waals surface area contributed by atoms with Crippen LogP contribution in [0.25, 0.3) is 0 Å². The van der Waals surface area contributed by atoms with Gasteiger partial charge in [0.15, 0.2) is 0 Å². The molecule has 0 saturated heterocycles. The van der Waals surface area contributed by atoms with Crippen LogP contribution in [0.5, 0.6) is 5.75 Å². The normalized spacial score (nSPS) is 11.0. The number of rotatable bonds is 10. The molecular weight excluding hydrogens is 467 g/mol. The Morgan fingerprint density at radius 1 is 1.24 bits per heavy atom. The standard InChI is InChI=1S/C21H24Cl2N8O2/c1-3-30(4-2)17-8-6-14(11-25-26-20(32)12-31-21(24)27-28-29-31)19(10-17)33-13-15-5-7-16(22)9-18(15)23/h5-11H,3-4,12-13H2,1-2H3,(H,26,32)(H2,24,27,29). The highest BCUT2D eigenvalue weighted by atomic mass is 35.5. The van der Waals surface area contributed by atoms with Crippen molar-refractivity contribution < 1.29 is 9.53 Å². The molecule has 0 aliphatic carbocycles. The first-order valence-electron chi connectivity index (χ1n) is 10.2. The second-order valence-corrected chi connectivity index (χ2v) is 7.75. The van der Waals surface area contributed by atoms with Gasteiger partial charge in [0.25, 0.3) is 5.91 Å². The molecule has 0 spiro atoms. The van der Waals surface area contributed by atoms with Gasteiger partial charge in [0.05, 0.1) is 6.21 Å². The number of nitrogens with two attached hydrogens (primary N) is 1.